The molecule has 188 valence electrons. The smallest absolute Gasteiger partial charge is 0.225 e. The van der Waals surface area contributed by atoms with Crippen molar-refractivity contribution < 1.29 is 8.78 Å². The van der Waals surface area contributed by atoms with E-state index in [1.807, 2.05) is 4.57 Å². The van der Waals surface area contributed by atoms with Gasteiger partial charge in [0, 0.05) is 13.1 Å². The molecule has 5 rings (SSSR count). The van der Waals surface area contributed by atoms with Crippen LogP contribution in [0.15, 0.2) is 42.6 Å². The molecule has 0 aliphatic carbocycles. The Hall–Kier alpha value is -2.81. The minimum absolute atomic E-state index is 0.246. The quantitative estimate of drug-likeness (QED) is 0.248. The number of anilines is 1. The Morgan fingerprint density at radius 1 is 0.917 bits per heavy atom. The van der Waals surface area contributed by atoms with Crippen LogP contribution in [0.3, 0.4) is 0 Å². The van der Waals surface area contributed by atoms with Crippen molar-refractivity contribution in [3.63, 3.8) is 0 Å². The van der Waals surface area contributed by atoms with Gasteiger partial charge >= 0.3 is 0 Å². The lowest BCUT2D eigenvalue weighted by Gasteiger charge is -2.15. The molecule has 0 spiro atoms. The van der Waals surface area contributed by atoms with Crippen LogP contribution >= 0.6 is 23.2 Å². The maximum absolute atomic E-state index is 13.6. The van der Waals surface area contributed by atoms with Gasteiger partial charge in [-0.2, -0.15) is 4.98 Å². The SMILES string of the molecule is Fc1ccc(CNc2ncc3nc(-c4c(Cl)cccc4Cl)n(CCCCN4CCCC4)c3n2)cc1F. The summed E-state index contributed by atoms with van der Waals surface area (Å²) in [5.41, 5.74) is 2.52. The van der Waals surface area contributed by atoms with E-state index in [0.717, 1.165) is 31.5 Å². The molecular weight excluding hydrogens is 505 g/mol. The standard InChI is InChI=1S/C26H26Cl2F2N6/c27-18-6-5-7-19(28)23(18)25-33-22-16-32-26(31-15-17-8-9-20(29)21(30)14-17)34-24(22)36(25)13-4-3-12-35-10-1-2-11-35/h5-9,14,16H,1-4,10-13,15H2,(H,31,32,34). The number of halogens is 4. The normalized spacial score (nSPS) is 14.1. The number of imidazole rings is 1. The van der Waals surface area contributed by atoms with Crippen LogP contribution in [0.25, 0.3) is 22.6 Å². The molecule has 10 heteroatoms. The third kappa shape index (κ3) is 5.45. The Bertz CT molecular complexity index is 1350. The lowest BCUT2D eigenvalue weighted by molar-refractivity contribution is 0.327. The Kier molecular flexibility index (Phi) is 7.65. The number of nitrogens with zero attached hydrogens (tertiary/aromatic N) is 5. The molecule has 6 nitrogen and oxygen atoms in total. The van der Waals surface area contributed by atoms with Gasteiger partial charge in [0.25, 0.3) is 0 Å². The fraction of sp³-hybridized carbons (Fsp3) is 0.346. The number of rotatable bonds is 9. The number of hydrogen-bond acceptors (Lipinski definition) is 5. The van der Waals surface area contributed by atoms with Crippen molar-refractivity contribution in [1.82, 2.24) is 24.4 Å². The fourth-order valence-electron chi connectivity index (χ4n) is 4.56. The van der Waals surface area contributed by atoms with Crippen molar-refractivity contribution in [2.45, 2.75) is 38.8 Å². The Morgan fingerprint density at radius 3 is 2.42 bits per heavy atom. The van der Waals surface area contributed by atoms with Crippen LogP contribution in [0.5, 0.6) is 0 Å². The molecule has 1 fully saturated rings. The van der Waals surface area contributed by atoms with Gasteiger partial charge in [-0.1, -0.05) is 35.3 Å². The zero-order valence-corrected chi connectivity index (χ0v) is 21.2. The summed E-state index contributed by atoms with van der Waals surface area (Å²) in [4.78, 5) is 16.4. The third-order valence-electron chi connectivity index (χ3n) is 6.41. The number of nitrogens with one attached hydrogen (secondary N) is 1. The zero-order chi connectivity index (χ0) is 25.1. The molecule has 1 aliphatic heterocycles. The highest BCUT2D eigenvalue weighted by Gasteiger charge is 2.20. The predicted octanol–water partition coefficient (Wildman–Crippen LogP) is 6.57. The molecule has 0 amide bonds. The first-order valence-corrected chi connectivity index (χ1v) is 12.8. The van der Waals surface area contributed by atoms with Gasteiger partial charge in [0.05, 0.1) is 21.8 Å². The van der Waals surface area contributed by atoms with E-state index >= 15 is 0 Å². The van der Waals surface area contributed by atoms with Crippen molar-refractivity contribution in [1.29, 1.82) is 0 Å². The van der Waals surface area contributed by atoms with Gasteiger partial charge in [0.15, 0.2) is 17.3 Å². The average molecular weight is 531 g/mol. The van der Waals surface area contributed by atoms with Gasteiger partial charge in [-0.25, -0.2) is 18.7 Å². The molecule has 2 aromatic heterocycles. The van der Waals surface area contributed by atoms with E-state index in [9.17, 15) is 8.78 Å². The molecule has 3 heterocycles. The van der Waals surface area contributed by atoms with E-state index in [1.54, 1.807) is 24.4 Å². The molecular formula is C26H26Cl2F2N6. The number of likely N-dealkylation sites (tertiary alicyclic amines) is 1. The molecule has 1 saturated heterocycles. The van der Waals surface area contributed by atoms with Crippen molar-refractivity contribution in [2.75, 3.05) is 25.0 Å². The van der Waals surface area contributed by atoms with Gasteiger partial charge in [0.1, 0.15) is 11.3 Å². The summed E-state index contributed by atoms with van der Waals surface area (Å²) in [7, 11) is 0. The molecule has 2 aromatic carbocycles. The number of unbranched alkanes of at least 4 members (excludes halogenated alkanes) is 1. The van der Waals surface area contributed by atoms with Crippen molar-refractivity contribution in [3.05, 3.63) is 69.8 Å². The Labute approximate surface area is 218 Å². The highest BCUT2D eigenvalue weighted by molar-refractivity contribution is 6.39. The van der Waals surface area contributed by atoms with Crippen LogP contribution in [0.1, 0.15) is 31.2 Å². The molecule has 0 radical (unpaired) electrons. The lowest BCUT2D eigenvalue weighted by Crippen LogP contribution is -2.20. The van der Waals surface area contributed by atoms with Gasteiger partial charge in [-0.3, -0.25) is 0 Å². The Morgan fingerprint density at radius 2 is 1.67 bits per heavy atom. The van der Waals surface area contributed by atoms with Crippen molar-refractivity contribution in [2.24, 2.45) is 0 Å². The summed E-state index contributed by atoms with van der Waals surface area (Å²) in [6.45, 7) is 4.37. The summed E-state index contributed by atoms with van der Waals surface area (Å²) in [6.07, 6.45) is 6.20. The van der Waals surface area contributed by atoms with Crippen LogP contribution in [0, 0.1) is 11.6 Å². The summed E-state index contributed by atoms with van der Waals surface area (Å²) < 4.78 is 28.9. The molecule has 36 heavy (non-hydrogen) atoms. The highest BCUT2D eigenvalue weighted by atomic mass is 35.5. The molecule has 0 atom stereocenters. The van der Waals surface area contributed by atoms with E-state index in [-0.39, 0.29) is 6.54 Å². The van der Waals surface area contributed by atoms with Crippen molar-refractivity contribution >= 4 is 40.3 Å². The molecule has 1 N–H and O–H groups in total. The van der Waals surface area contributed by atoms with Crippen LogP contribution < -0.4 is 5.32 Å². The van der Waals surface area contributed by atoms with E-state index in [1.165, 1.54) is 32.0 Å². The number of benzene rings is 2. The summed E-state index contributed by atoms with van der Waals surface area (Å²) >= 11 is 13.1. The number of fused-ring (bicyclic) bond motifs is 1. The molecule has 0 bridgehead atoms. The van der Waals surface area contributed by atoms with Gasteiger partial charge in [-0.15, -0.1) is 0 Å². The minimum Gasteiger partial charge on any atom is -0.350 e. The minimum atomic E-state index is -0.890. The molecule has 4 aromatic rings. The molecule has 0 unspecified atom stereocenters. The van der Waals surface area contributed by atoms with Crippen LogP contribution in [0.2, 0.25) is 10.0 Å². The maximum atomic E-state index is 13.6. The first kappa shape index (κ1) is 24.9. The largest absolute Gasteiger partial charge is 0.350 e. The fourth-order valence-corrected chi connectivity index (χ4v) is 5.13. The summed E-state index contributed by atoms with van der Waals surface area (Å²) in [6, 6.07) is 9.17. The third-order valence-corrected chi connectivity index (χ3v) is 7.04. The zero-order valence-electron chi connectivity index (χ0n) is 19.7. The first-order valence-electron chi connectivity index (χ1n) is 12.1. The monoisotopic (exact) mass is 530 g/mol. The van der Waals surface area contributed by atoms with Crippen LogP contribution in [-0.4, -0.2) is 44.1 Å². The second-order valence-corrected chi connectivity index (χ2v) is 9.76. The summed E-state index contributed by atoms with van der Waals surface area (Å²) in [5.74, 6) is -0.758. The average Bonchev–Trinajstić information content (AvgIpc) is 3.50. The number of aryl methyl sites for hydroxylation is 1. The van der Waals surface area contributed by atoms with E-state index in [0.29, 0.717) is 50.7 Å². The van der Waals surface area contributed by atoms with Crippen LogP contribution in [-0.2, 0) is 13.1 Å². The van der Waals surface area contributed by atoms with Gasteiger partial charge < -0.3 is 14.8 Å². The summed E-state index contributed by atoms with van der Waals surface area (Å²) in [5, 5.41) is 4.12. The van der Waals surface area contributed by atoms with Crippen LogP contribution in [0.4, 0.5) is 14.7 Å². The highest BCUT2D eigenvalue weighted by Crippen LogP contribution is 2.35. The van der Waals surface area contributed by atoms with E-state index < -0.39 is 11.6 Å². The lowest BCUT2D eigenvalue weighted by atomic mass is 10.2. The second-order valence-electron chi connectivity index (χ2n) is 8.94. The van der Waals surface area contributed by atoms with E-state index in [4.69, 9.17) is 33.2 Å². The first-order chi connectivity index (χ1) is 17.5. The number of hydrogen-bond donors (Lipinski definition) is 1. The topological polar surface area (TPSA) is 58.9 Å². The van der Waals surface area contributed by atoms with Gasteiger partial charge in [0.2, 0.25) is 5.95 Å². The predicted molar refractivity (Wildman–Crippen MR) is 139 cm³/mol. The molecule has 1 aliphatic rings. The van der Waals surface area contributed by atoms with E-state index in [2.05, 4.69) is 15.2 Å². The van der Waals surface area contributed by atoms with Gasteiger partial charge in [-0.05, 0) is 75.1 Å². The maximum Gasteiger partial charge on any atom is 0.225 e. The number of aromatic nitrogens is 4. The second kappa shape index (κ2) is 11.1. The van der Waals surface area contributed by atoms with Crippen molar-refractivity contribution in [3.8, 4) is 11.4 Å². The Balaban J connectivity index is 1.42. The molecule has 0 saturated carbocycles.